The predicted octanol–water partition coefficient (Wildman–Crippen LogP) is 4.07. The van der Waals surface area contributed by atoms with Crippen molar-refractivity contribution in [3.8, 4) is 5.75 Å². The van der Waals surface area contributed by atoms with Crippen molar-refractivity contribution >= 4 is 11.7 Å². The zero-order valence-corrected chi connectivity index (χ0v) is 14.0. The Morgan fingerprint density at radius 3 is 2.70 bits per heavy atom. The van der Waals surface area contributed by atoms with E-state index >= 15 is 0 Å². The SMILES string of the molecule is CCOc1ccccc1CCNC(=O)Nc1cc(C)ccc1C. The summed E-state index contributed by atoms with van der Waals surface area (Å²) >= 11 is 0. The molecule has 0 bridgehead atoms. The van der Waals surface area contributed by atoms with Crippen LogP contribution in [0.15, 0.2) is 42.5 Å². The molecule has 0 aliphatic rings. The zero-order valence-electron chi connectivity index (χ0n) is 14.0. The molecular weight excluding hydrogens is 288 g/mol. The molecule has 4 nitrogen and oxygen atoms in total. The molecule has 0 aliphatic heterocycles. The van der Waals surface area contributed by atoms with Gasteiger partial charge >= 0.3 is 6.03 Å². The molecule has 122 valence electrons. The molecule has 2 N–H and O–H groups in total. The topological polar surface area (TPSA) is 50.4 Å². The highest BCUT2D eigenvalue weighted by molar-refractivity contribution is 5.90. The van der Waals surface area contributed by atoms with Crippen molar-refractivity contribution in [2.24, 2.45) is 0 Å². The van der Waals surface area contributed by atoms with Gasteiger partial charge in [0.05, 0.1) is 6.61 Å². The minimum atomic E-state index is -0.187. The normalized spacial score (nSPS) is 10.2. The van der Waals surface area contributed by atoms with Crippen LogP contribution >= 0.6 is 0 Å². The molecule has 2 aromatic rings. The van der Waals surface area contributed by atoms with Gasteiger partial charge < -0.3 is 15.4 Å². The number of para-hydroxylation sites is 1. The molecule has 23 heavy (non-hydrogen) atoms. The highest BCUT2D eigenvalue weighted by Gasteiger charge is 2.06. The van der Waals surface area contributed by atoms with Gasteiger partial charge in [0.25, 0.3) is 0 Å². The summed E-state index contributed by atoms with van der Waals surface area (Å²) in [6, 6.07) is 13.7. The molecule has 0 unspecified atom stereocenters. The number of benzene rings is 2. The first-order chi connectivity index (χ1) is 11.1. The Kier molecular flexibility index (Phi) is 6.03. The average Bonchev–Trinajstić information content (AvgIpc) is 2.53. The number of urea groups is 1. The molecule has 0 heterocycles. The Balaban J connectivity index is 1.87. The highest BCUT2D eigenvalue weighted by atomic mass is 16.5. The van der Waals surface area contributed by atoms with Crippen LogP contribution in [0.25, 0.3) is 0 Å². The van der Waals surface area contributed by atoms with Crippen LogP contribution in [0.4, 0.5) is 10.5 Å². The van der Waals surface area contributed by atoms with Crippen LogP contribution in [-0.4, -0.2) is 19.2 Å². The van der Waals surface area contributed by atoms with E-state index in [1.165, 1.54) is 0 Å². The summed E-state index contributed by atoms with van der Waals surface area (Å²) in [5.74, 6) is 0.881. The first kappa shape index (κ1) is 16.9. The monoisotopic (exact) mass is 312 g/mol. The maximum absolute atomic E-state index is 12.0. The molecule has 0 saturated carbocycles. The zero-order chi connectivity index (χ0) is 16.7. The Labute approximate surface area is 137 Å². The smallest absolute Gasteiger partial charge is 0.319 e. The lowest BCUT2D eigenvalue weighted by Crippen LogP contribution is -2.30. The Hall–Kier alpha value is -2.49. The number of rotatable bonds is 6. The van der Waals surface area contributed by atoms with Crippen LogP contribution < -0.4 is 15.4 Å². The largest absolute Gasteiger partial charge is 0.494 e. The van der Waals surface area contributed by atoms with E-state index in [1.807, 2.05) is 63.2 Å². The number of nitrogens with one attached hydrogen (secondary N) is 2. The van der Waals surface area contributed by atoms with E-state index in [0.717, 1.165) is 34.5 Å². The van der Waals surface area contributed by atoms with Gasteiger partial charge in [-0.25, -0.2) is 4.79 Å². The third kappa shape index (κ3) is 5.02. The van der Waals surface area contributed by atoms with Crippen molar-refractivity contribution in [3.05, 3.63) is 59.2 Å². The Morgan fingerprint density at radius 1 is 1.13 bits per heavy atom. The van der Waals surface area contributed by atoms with E-state index in [0.29, 0.717) is 13.2 Å². The number of aryl methyl sites for hydroxylation is 2. The van der Waals surface area contributed by atoms with E-state index in [9.17, 15) is 4.79 Å². The molecule has 0 spiro atoms. The predicted molar refractivity (Wildman–Crippen MR) is 94.3 cm³/mol. The lowest BCUT2D eigenvalue weighted by atomic mass is 10.1. The molecule has 2 amide bonds. The highest BCUT2D eigenvalue weighted by Crippen LogP contribution is 2.18. The van der Waals surface area contributed by atoms with Crippen LogP contribution in [0.1, 0.15) is 23.6 Å². The lowest BCUT2D eigenvalue weighted by molar-refractivity contribution is 0.252. The van der Waals surface area contributed by atoms with Crippen molar-refractivity contribution in [3.63, 3.8) is 0 Å². The molecule has 0 aromatic heterocycles. The third-order valence-electron chi connectivity index (χ3n) is 3.59. The quantitative estimate of drug-likeness (QED) is 0.845. The van der Waals surface area contributed by atoms with E-state index in [4.69, 9.17) is 4.74 Å². The van der Waals surface area contributed by atoms with Crippen LogP contribution in [-0.2, 0) is 6.42 Å². The number of hydrogen-bond acceptors (Lipinski definition) is 2. The van der Waals surface area contributed by atoms with Gasteiger partial charge in [-0.3, -0.25) is 0 Å². The molecule has 0 saturated heterocycles. The Morgan fingerprint density at radius 2 is 1.91 bits per heavy atom. The summed E-state index contributed by atoms with van der Waals surface area (Å²) in [5.41, 5.74) is 4.11. The molecule has 2 rings (SSSR count). The second-order valence-electron chi connectivity index (χ2n) is 5.49. The number of amides is 2. The van der Waals surface area contributed by atoms with Crippen molar-refractivity contribution < 1.29 is 9.53 Å². The van der Waals surface area contributed by atoms with Crippen LogP contribution in [0, 0.1) is 13.8 Å². The summed E-state index contributed by atoms with van der Waals surface area (Å²) in [6.07, 6.45) is 0.733. The van der Waals surface area contributed by atoms with Crippen molar-refractivity contribution in [1.82, 2.24) is 5.32 Å². The second-order valence-corrected chi connectivity index (χ2v) is 5.49. The fraction of sp³-hybridized carbons (Fsp3) is 0.316. The lowest BCUT2D eigenvalue weighted by Gasteiger charge is -2.12. The van der Waals surface area contributed by atoms with E-state index in [-0.39, 0.29) is 6.03 Å². The van der Waals surface area contributed by atoms with Crippen molar-refractivity contribution in [2.45, 2.75) is 27.2 Å². The summed E-state index contributed by atoms with van der Waals surface area (Å²) in [7, 11) is 0. The van der Waals surface area contributed by atoms with Crippen LogP contribution in [0.5, 0.6) is 5.75 Å². The summed E-state index contributed by atoms with van der Waals surface area (Å²) in [6.45, 7) is 7.14. The maximum atomic E-state index is 12.0. The van der Waals surface area contributed by atoms with Crippen molar-refractivity contribution in [2.75, 3.05) is 18.5 Å². The van der Waals surface area contributed by atoms with Gasteiger partial charge in [-0.1, -0.05) is 30.3 Å². The van der Waals surface area contributed by atoms with Gasteiger partial charge in [-0.2, -0.15) is 0 Å². The molecule has 0 fully saturated rings. The summed E-state index contributed by atoms with van der Waals surface area (Å²) < 4.78 is 5.59. The first-order valence-electron chi connectivity index (χ1n) is 7.93. The molecule has 4 heteroatoms. The van der Waals surface area contributed by atoms with Gasteiger partial charge in [0.1, 0.15) is 5.75 Å². The number of carbonyl (C=O) groups is 1. The fourth-order valence-corrected chi connectivity index (χ4v) is 2.35. The summed E-state index contributed by atoms with van der Waals surface area (Å²) in [5, 5.41) is 5.79. The van der Waals surface area contributed by atoms with E-state index in [2.05, 4.69) is 10.6 Å². The number of ether oxygens (including phenoxy) is 1. The molecule has 0 atom stereocenters. The molecule has 0 aliphatic carbocycles. The fourth-order valence-electron chi connectivity index (χ4n) is 2.35. The third-order valence-corrected chi connectivity index (χ3v) is 3.59. The molecular formula is C19H24N2O2. The van der Waals surface area contributed by atoms with E-state index < -0.39 is 0 Å². The van der Waals surface area contributed by atoms with Crippen molar-refractivity contribution in [1.29, 1.82) is 0 Å². The minimum absolute atomic E-state index is 0.187. The minimum Gasteiger partial charge on any atom is -0.494 e. The van der Waals surface area contributed by atoms with Gasteiger partial charge in [-0.15, -0.1) is 0 Å². The Bertz CT molecular complexity index is 668. The molecule has 0 radical (unpaired) electrons. The van der Waals surface area contributed by atoms with Crippen LogP contribution in [0.2, 0.25) is 0 Å². The molecule has 2 aromatic carbocycles. The van der Waals surface area contributed by atoms with Gasteiger partial charge in [0.2, 0.25) is 0 Å². The average molecular weight is 312 g/mol. The maximum Gasteiger partial charge on any atom is 0.319 e. The standard InChI is InChI=1S/C19H24N2O2/c1-4-23-18-8-6-5-7-16(18)11-12-20-19(22)21-17-13-14(2)9-10-15(17)3/h5-10,13H,4,11-12H2,1-3H3,(H2,20,21,22). The van der Waals surface area contributed by atoms with Gasteiger partial charge in [0.15, 0.2) is 0 Å². The number of anilines is 1. The number of hydrogen-bond donors (Lipinski definition) is 2. The second kappa shape index (κ2) is 8.22. The number of carbonyl (C=O) groups excluding carboxylic acids is 1. The summed E-state index contributed by atoms with van der Waals surface area (Å²) in [4.78, 5) is 12.0. The van der Waals surface area contributed by atoms with Gasteiger partial charge in [0, 0.05) is 12.2 Å². The first-order valence-corrected chi connectivity index (χ1v) is 7.93. The van der Waals surface area contributed by atoms with Gasteiger partial charge in [-0.05, 0) is 56.0 Å². The van der Waals surface area contributed by atoms with Crippen LogP contribution in [0.3, 0.4) is 0 Å². The van der Waals surface area contributed by atoms with E-state index in [1.54, 1.807) is 0 Å².